The van der Waals surface area contributed by atoms with Gasteiger partial charge in [0.25, 0.3) is 5.56 Å². The summed E-state index contributed by atoms with van der Waals surface area (Å²) in [5, 5.41) is 10.8. The SMILES string of the molecule is CCCc1c(O)nc(-c2coc3ccccc23)[nH]c1=O. The summed E-state index contributed by atoms with van der Waals surface area (Å²) < 4.78 is 5.42. The van der Waals surface area contributed by atoms with Crippen molar-refractivity contribution in [2.75, 3.05) is 0 Å². The van der Waals surface area contributed by atoms with E-state index in [2.05, 4.69) is 9.97 Å². The molecule has 0 spiro atoms. The van der Waals surface area contributed by atoms with Gasteiger partial charge in [0, 0.05) is 5.39 Å². The molecule has 2 heterocycles. The number of nitrogens with zero attached hydrogens (tertiary/aromatic N) is 1. The van der Waals surface area contributed by atoms with Gasteiger partial charge in [0.15, 0.2) is 0 Å². The summed E-state index contributed by atoms with van der Waals surface area (Å²) in [4.78, 5) is 18.8. The van der Waals surface area contributed by atoms with Gasteiger partial charge in [-0.2, -0.15) is 4.98 Å². The smallest absolute Gasteiger partial charge is 0.258 e. The molecular formula is C15H14N2O3. The third kappa shape index (κ3) is 1.97. The Morgan fingerprint density at radius 1 is 1.35 bits per heavy atom. The second-order valence-corrected chi connectivity index (χ2v) is 4.61. The maximum Gasteiger partial charge on any atom is 0.258 e. The zero-order chi connectivity index (χ0) is 14.1. The van der Waals surface area contributed by atoms with Crippen LogP contribution >= 0.6 is 0 Å². The summed E-state index contributed by atoms with van der Waals surface area (Å²) in [5.41, 5.74) is 1.39. The molecule has 0 unspecified atom stereocenters. The number of furan rings is 1. The van der Waals surface area contributed by atoms with Crippen LogP contribution in [0.5, 0.6) is 5.88 Å². The summed E-state index contributed by atoms with van der Waals surface area (Å²) in [6.07, 6.45) is 2.80. The van der Waals surface area contributed by atoms with Gasteiger partial charge in [-0.25, -0.2) is 0 Å². The van der Waals surface area contributed by atoms with Gasteiger partial charge in [-0.3, -0.25) is 4.79 Å². The Bertz CT molecular complexity index is 817. The first-order valence-electron chi connectivity index (χ1n) is 6.49. The van der Waals surface area contributed by atoms with Gasteiger partial charge < -0.3 is 14.5 Å². The summed E-state index contributed by atoms with van der Waals surface area (Å²) in [6.45, 7) is 1.94. The van der Waals surface area contributed by atoms with E-state index in [0.29, 0.717) is 29.0 Å². The Balaban J connectivity index is 2.18. The van der Waals surface area contributed by atoms with Crippen LogP contribution in [0.2, 0.25) is 0 Å². The fraction of sp³-hybridized carbons (Fsp3) is 0.200. The van der Waals surface area contributed by atoms with E-state index in [0.717, 1.165) is 11.8 Å². The van der Waals surface area contributed by atoms with Crippen molar-refractivity contribution in [3.05, 3.63) is 46.4 Å². The van der Waals surface area contributed by atoms with Crippen molar-refractivity contribution >= 4 is 11.0 Å². The molecule has 0 amide bonds. The molecule has 3 rings (SSSR count). The lowest BCUT2D eigenvalue weighted by molar-refractivity contribution is 0.443. The lowest BCUT2D eigenvalue weighted by Crippen LogP contribution is -2.15. The Hall–Kier alpha value is -2.56. The Kier molecular flexibility index (Phi) is 3.02. The van der Waals surface area contributed by atoms with Crippen molar-refractivity contribution < 1.29 is 9.52 Å². The molecule has 2 aromatic heterocycles. The fourth-order valence-corrected chi connectivity index (χ4v) is 2.25. The topological polar surface area (TPSA) is 79.1 Å². The van der Waals surface area contributed by atoms with Crippen LogP contribution in [0.4, 0.5) is 0 Å². The standard InChI is InChI=1S/C15H14N2O3/c1-2-5-10-14(18)16-13(17-15(10)19)11-8-20-12-7-4-3-6-9(11)12/h3-4,6-8H,2,5H2,1H3,(H2,16,17,18,19). The van der Waals surface area contributed by atoms with E-state index in [4.69, 9.17) is 4.42 Å². The van der Waals surface area contributed by atoms with Crippen molar-refractivity contribution in [3.8, 4) is 17.3 Å². The average Bonchev–Trinajstić information content (AvgIpc) is 2.86. The number of H-pyrrole nitrogens is 1. The van der Waals surface area contributed by atoms with Crippen molar-refractivity contribution in [1.82, 2.24) is 9.97 Å². The molecule has 5 heteroatoms. The van der Waals surface area contributed by atoms with Crippen LogP contribution in [0.25, 0.3) is 22.4 Å². The van der Waals surface area contributed by atoms with Gasteiger partial charge in [-0.1, -0.05) is 31.5 Å². The number of rotatable bonds is 3. The molecule has 5 nitrogen and oxygen atoms in total. The summed E-state index contributed by atoms with van der Waals surface area (Å²) in [6, 6.07) is 7.46. The number of nitrogens with one attached hydrogen (secondary N) is 1. The van der Waals surface area contributed by atoms with Gasteiger partial charge in [0.2, 0.25) is 5.88 Å². The normalized spacial score (nSPS) is 11.1. The third-order valence-electron chi connectivity index (χ3n) is 3.23. The van der Waals surface area contributed by atoms with Gasteiger partial charge >= 0.3 is 0 Å². The summed E-state index contributed by atoms with van der Waals surface area (Å²) in [7, 11) is 0. The summed E-state index contributed by atoms with van der Waals surface area (Å²) in [5.74, 6) is 0.105. The fourth-order valence-electron chi connectivity index (χ4n) is 2.25. The van der Waals surface area contributed by atoms with Crippen LogP contribution in [0.15, 0.2) is 39.7 Å². The van der Waals surface area contributed by atoms with Gasteiger partial charge in [0.05, 0.1) is 11.1 Å². The minimum Gasteiger partial charge on any atom is -0.493 e. The van der Waals surface area contributed by atoms with E-state index in [1.165, 1.54) is 6.26 Å². The maximum absolute atomic E-state index is 12.0. The Morgan fingerprint density at radius 2 is 2.15 bits per heavy atom. The van der Waals surface area contributed by atoms with E-state index >= 15 is 0 Å². The van der Waals surface area contributed by atoms with E-state index < -0.39 is 0 Å². The molecule has 0 aliphatic rings. The molecule has 0 aliphatic carbocycles. The zero-order valence-electron chi connectivity index (χ0n) is 11.0. The molecule has 0 bridgehead atoms. The van der Waals surface area contributed by atoms with Crippen molar-refractivity contribution in [1.29, 1.82) is 0 Å². The van der Waals surface area contributed by atoms with E-state index in [-0.39, 0.29) is 11.4 Å². The quantitative estimate of drug-likeness (QED) is 0.767. The van der Waals surface area contributed by atoms with Crippen LogP contribution < -0.4 is 5.56 Å². The highest BCUT2D eigenvalue weighted by Crippen LogP contribution is 2.28. The van der Waals surface area contributed by atoms with Crippen molar-refractivity contribution in [2.45, 2.75) is 19.8 Å². The highest BCUT2D eigenvalue weighted by Gasteiger charge is 2.14. The molecule has 0 atom stereocenters. The highest BCUT2D eigenvalue weighted by atomic mass is 16.3. The molecule has 0 radical (unpaired) electrons. The Morgan fingerprint density at radius 3 is 2.90 bits per heavy atom. The van der Waals surface area contributed by atoms with Crippen LogP contribution in [-0.2, 0) is 6.42 Å². The average molecular weight is 270 g/mol. The molecule has 3 aromatic rings. The largest absolute Gasteiger partial charge is 0.493 e. The molecule has 20 heavy (non-hydrogen) atoms. The number of aromatic hydroxyl groups is 1. The number of fused-ring (bicyclic) bond motifs is 1. The predicted octanol–water partition coefficient (Wildman–Crippen LogP) is 2.84. The second-order valence-electron chi connectivity index (χ2n) is 4.61. The first-order chi connectivity index (χ1) is 9.70. The minimum absolute atomic E-state index is 0.212. The number of aromatic nitrogens is 2. The zero-order valence-corrected chi connectivity index (χ0v) is 11.0. The Labute approximate surface area is 114 Å². The van der Waals surface area contributed by atoms with Crippen LogP contribution in [0.3, 0.4) is 0 Å². The third-order valence-corrected chi connectivity index (χ3v) is 3.23. The van der Waals surface area contributed by atoms with Crippen LogP contribution in [0.1, 0.15) is 18.9 Å². The summed E-state index contributed by atoms with van der Waals surface area (Å²) >= 11 is 0. The monoisotopic (exact) mass is 270 g/mol. The lowest BCUT2D eigenvalue weighted by Gasteiger charge is -2.04. The number of benzene rings is 1. The van der Waals surface area contributed by atoms with Gasteiger partial charge in [0.1, 0.15) is 17.7 Å². The number of hydrogen-bond acceptors (Lipinski definition) is 4. The number of para-hydroxylation sites is 1. The van der Waals surface area contributed by atoms with E-state index in [1.54, 1.807) is 0 Å². The highest BCUT2D eigenvalue weighted by molar-refractivity contribution is 5.91. The molecular weight excluding hydrogens is 256 g/mol. The molecule has 102 valence electrons. The second kappa shape index (κ2) is 4.85. The van der Waals surface area contributed by atoms with E-state index in [9.17, 15) is 9.90 Å². The molecule has 0 saturated carbocycles. The van der Waals surface area contributed by atoms with E-state index in [1.807, 2.05) is 31.2 Å². The lowest BCUT2D eigenvalue weighted by atomic mass is 10.1. The van der Waals surface area contributed by atoms with Crippen molar-refractivity contribution in [3.63, 3.8) is 0 Å². The first-order valence-corrected chi connectivity index (χ1v) is 6.49. The van der Waals surface area contributed by atoms with Crippen molar-refractivity contribution in [2.24, 2.45) is 0 Å². The number of aromatic amines is 1. The van der Waals surface area contributed by atoms with Gasteiger partial charge in [-0.05, 0) is 12.5 Å². The molecule has 0 fully saturated rings. The molecule has 2 N–H and O–H groups in total. The van der Waals surface area contributed by atoms with Crippen LogP contribution in [-0.4, -0.2) is 15.1 Å². The van der Waals surface area contributed by atoms with Gasteiger partial charge in [-0.15, -0.1) is 0 Å². The predicted molar refractivity (Wildman–Crippen MR) is 75.7 cm³/mol. The molecule has 0 saturated heterocycles. The van der Waals surface area contributed by atoms with Crippen LogP contribution in [0, 0.1) is 0 Å². The number of hydrogen-bond donors (Lipinski definition) is 2. The minimum atomic E-state index is -0.306. The maximum atomic E-state index is 12.0. The molecule has 1 aromatic carbocycles. The molecule has 0 aliphatic heterocycles. The first kappa shape index (κ1) is 12.5.